The lowest BCUT2D eigenvalue weighted by atomic mass is 10.1. The minimum absolute atomic E-state index is 0.236. The van der Waals surface area contributed by atoms with Gasteiger partial charge in [-0.25, -0.2) is 4.98 Å². The molecule has 29 heavy (non-hydrogen) atoms. The maximum absolute atomic E-state index is 12.5. The molecule has 9 heteroatoms. The molecular weight excluding hydrogens is 388 g/mol. The largest absolute Gasteiger partial charge is 0.449 e. The second kappa shape index (κ2) is 6.85. The van der Waals surface area contributed by atoms with E-state index in [4.69, 9.17) is 4.42 Å². The van der Waals surface area contributed by atoms with Crippen LogP contribution in [0, 0.1) is 13.8 Å². The van der Waals surface area contributed by atoms with Crippen molar-refractivity contribution in [2.75, 3.05) is 0 Å². The smallest absolute Gasteiger partial charge is 0.294 e. The number of rotatable bonds is 4. The van der Waals surface area contributed by atoms with E-state index < -0.39 is 0 Å². The summed E-state index contributed by atoms with van der Waals surface area (Å²) >= 11 is 1.41. The highest BCUT2D eigenvalue weighted by molar-refractivity contribution is 7.98. The molecule has 144 valence electrons. The Morgan fingerprint density at radius 1 is 1.10 bits per heavy atom. The van der Waals surface area contributed by atoms with Crippen molar-refractivity contribution in [1.29, 1.82) is 0 Å². The van der Waals surface area contributed by atoms with Crippen molar-refractivity contribution < 1.29 is 4.42 Å². The van der Waals surface area contributed by atoms with Crippen molar-refractivity contribution in [1.82, 2.24) is 30.2 Å². The minimum Gasteiger partial charge on any atom is -0.449 e. The monoisotopic (exact) mass is 404 g/mol. The van der Waals surface area contributed by atoms with Crippen LogP contribution >= 0.6 is 11.8 Å². The van der Waals surface area contributed by atoms with E-state index in [2.05, 4.69) is 25.5 Å². The number of tetrazole rings is 1. The maximum Gasteiger partial charge on any atom is 0.294 e. The van der Waals surface area contributed by atoms with E-state index in [-0.39, 0.29) is 11.1 Å². The molecule has 0 aliphatic carbocycles. The molecule has 0 spiro atoms. The fourth-order valence-corrected chi connectivity index (χ4v) is 4.14. The first-order chi connectivity index (χ1) is 14.1. The predicted molar refractivity (Wildman–Crippen MR) is 110 cm³/mol. The van der Waals surface area contributed by atoms with Crippen LogP contribution in [-0.2, 0) is 5.75 Å². The molecule has 0 atom stereocenters. The number of hydrogen-bond donors (Lipinski definition) is 1. The van der Waals surface area contributed by atoms with Gasteiger partial charge in [0.05, 0.1) is 11.4 Å². The average molecular weight is 404 g/mol. The average Bonchev–Trinajstić information content (AvgIpc) is 3.31. The molecule has 1 N–H and O–H groups in total. The van der Waals surface area contributed by atoms with E-state index in [9.17, 15) is 4.79 Å². The number of aromatic nitrogens is 6. The van der Waals surface area contributed by atoms with Gasteiger partial charge in [-0.3, -0.25) is 4.79 Å². The molecule has 0 radical (unpaired) electrons. The van der Waals surface area contributed by atoms with Gasteiger partial charge in [0.15, 0.2) is 0 Å². The van der Waals surface area contributed by atoms with E-state index in [1.54, 1.807) is 4.68 Å². The number of thioether (sulfide) groups is 1. The topological polar surface area (TPSA) is 102 Å². The molecule has 8 nitrogen and oxygen atoms in total. The highest BCUT2D eigenvalue weighted by Crippen LogP contribution is 2.27. The number of nitrogens with zero attached hydrogens (tertiary/aromatic N) is 5. The summed E-state index contributed by atoms with van der Waals surface area (Å²) in [6, 6.07) is 13.5. The minimum atomic E-state index is -0.295. The molecule has 0 aliphatic heterocycles. The number of nitrogens with one attached hydrogen (secondary N) is 1. The molecule has 0 unspecified atom stereocenters. The van der Waals surface area contributed by atoms with Crippen molar-refractivity contribution in [3.05, 3.63) is 69.8 Å². The molecule has 0 amide bonds. The van der Waals surface area contributed by atoms with Crippen LogP contribution in [0.15, 0.2) is 56.8 Å². The van der Waals surface area contributed by atoms with Gasteiger partial charge in [0.2, 0.25) is 10.7 Å². The number of H-pyrrole nitrogens is 1. The van der Waals surface area contributed by atoms with Crippen LogP contribution in [0.4, 0.5) is 0 Å². The quantitative estimate of drug-likeness (QED) is 0.457. The summed E-state index contributed by atoms with van der Waals surface area (Å²) in [5, 5.41) is 13.6. The summed E-state index contributed by atoms with van der Waals surface area (Å²) < 4.78 is 7.36. The molecule has 0 fully saturated rings. The molecule has 2 aromatic carbocycles. The Hall–Kier alpha value is -3.46. The normalized spacial score (nSPS) is 11.5. The van der Waals surface area contributed by atoms with Crippen LogP contribution in [-0.4, -0.2) is 30.2 Å². The zero-order chi connectivity index (χ0) is 20.0. The van der Waals surface area contributed by atoms with Crippen molar-refractivity contribution in [2.24, 2.45) is 0 Å². The number of fused-ring (bicyclic) bond motifs is 3. The lowest BCUT2D eigenvalue weighted by Gasteiger charge is -2.10. The molecule has 5 aromatic rings. The molecular formula is C20H16N6O2S. The number of aryl methyl sites for hydroxylation is 2. The summed E-state index contributed by atoms with van der Waals surface area (Å²) in [5.41, 5.74) is 4.27. The van der Waals surface area contributed by atoms with Crippen LogP contribution in [0.3, 0.4) is 0 Å². The Morgan fingerprint density at radius 2 is 1.90 bits per heavy atom. The number of benzene rings is 2. The Bertz CT molecular complexity index is 1400. The van der Waals surface area contributed by atoms with Crippen molar-refractivity contribution in [3.8, 4) is 5.69 Å². The van der Waals surface area contributed by atoms with Crippen LogP contribution in [0.5, 0.6) is 0 Å². The first-order valence-electron chi connectivity index (χ1n) is 9.00. The van der Waals surface area contributed by atoms with E-state index in [1.807, 2.05) is 56.3 Å². The SMILES string of the molecule is Cc1cccc(C)c1-n1nnnc1SCc1nc2c(oc3ccccc32)c(=O)[nH]1. The van der Waals surface area contributed by atoms with Crippen molar-refractivity contribution in [2.45, 2.75) is 24.8 Å². The van der Waals surface area contributed by atoms with E-state index in [0.29, 0.717) is 27.8 Å². The molecule has 5 rings (SSSR count). The van der Waals surface area contributed by atoms with E-state index >= 15 is 0 Å². The lowest BCUT2D eigenvalue weighted by molar-refractivity contribution is 0.660. The van der Waals surface area contributed by atoms with Crippen LogP contribution in [0.25, 0.3) is 27.8 Å². The fraction of sp³-hybridized carbons (Fsp3) is 0.150. The third-order valence-electron chi connectivity index (χ3n) is 4.71. The molecule has 0 saturated heterocycles. The second-order valence-electron chi connectivity index (χ2n) is 6.69. The Kier molecular flexibility index (Phi) is 4.17. The first-order valence-corrected chi connectivity index (χ1v) is 9.98. The third-order valence-corrected chi connectivity index (χ3v) is 5.64. The summed E-state index contributed by atoms with van der Waals surface area (Å²) in [4.78, 5) is 19.9. The van der Waals surface area contributed by atoms with Gasteiger partial charge < -0.3 is 9.40 Å². The highest BCUT2D eigenvalue weighted by Gasteiger charge is 2.16. The molecule has 3 aromatic heterocycles. The Balaban J connectivity index is 1.50. The van der Waals surface area contributed by atoms with Gasteiger partial charge in [0.25, 0.3) is 5.56 Å². The summed E-state index contributed by atoms with van der Waals surface area (Å²) in [6.45, 7) is 4.05. The zero-order valence-electron chi connectivity index (χ0n) is 15.7. The molecule has 0 saturated carbocycles. The number of hydrogen-bond acceptors (Lipinski definition) is 7. The van der Waals surface area contributed by atoms with Crippen LogP contribution in [0.2, 0.25) is 0 Å². The van der Waals surface area contributed by atoms with Crippen molar-refractivity contribution >= 4 is 33.8 Å². The van der Waals surface area contributed by atoms with Gasteiger partial charge in [-0.05, 0) is 47.5 Å². The summed E-state index contributed by atoms with van der Waals surface area (Å²) in [5.74, 6) is 0.950. The Morgan fingerprint density at radius 3 is 2.72 bits per heavy atom. The van der Waals surface area contributed by atoms with E-state index in [0.717, 1.165) is 22.2 Å². The van der Waals surface area contributed by atoms with Crippen molar-refractivity contribution in [3.63, 3.8) is 0 Å². The van der Waals surface area contributed by atoms with Crippen LogP contribution in [0.1, 0.15) is 17.0 Å². The number of furan rings is 1. The van der Waals surface area contributed by atoms with Gasteiger partial charge in [0.1, 0.15) is 16.9 Å². The van der Waals surface area contributed by atoms with Gasteiger partial charge in [-0.1, -0.05) is 42.1 Å². The zero-order valence-corrected chi connectivity index (χ0v) is 16.5. The third kappa shape index (κ3) is 2.99. The number of aromatic amines is 1. The lowest BCUT2D eigenvalue weighted by Crippen LogP contribution is -2.10. The van der Waals surface area contributed by atoms with Gasteiger partial charge in [-0.15, -0.1) is 5.10 Å². The summed E-state index contributed by atoms with van der Waals surface area (Å²) in [6.07, 6.45) is 0. The van der Waals surface area contributed by atoms with E-state index in [1.165, 1.54) is 11.8 Å². The van der Waals surface area contributed by atoms with Crippen LogP contribution < -0.4 is 5.56 Å². The first kappa shape index (κ1) is 17.6. The molecule has 3 heterocycles. The standard InChI is InChI=1S/C20H16N6O2S/c1-11-6-5-7-12(2)17(11)26-20(23-24-25-26)29-10-15-21-16-13-8-3-4-9-14(13)28-18(16)19(27)22-15/h3-9H,10H2,1-2H3,(H,21,22,27). The summed E-state index contributed by atoms with van der Waals surface area (Å²) in [7, 11) is 0. The highest BCUT2D eigenvalue weighted by atomic mass is 32.2. The van der Waals surface area contributed by atoms with Gasteiger partial charge >= 0.3 is 0 Å². The Labute approximate surface area is 169 Å². The number of para-hydroxylation sites is 2. The molecule has 0 bridgehead atoms. The second-order valence-corrected chi connectivity index (χ2v) is 7.63. The van der Waals surface area contributed by atoms with Gasteiger partial charge in [-0.2, -0.15) is 4.68 Å². The fourth-order valence-electron chi connectivity index (χ4n) is 3.40. The predicted octanol–water partition coefficient (Wildman–Crippen LogP) is 3.55. The maximum atomic E-state index is 12.5. The molecule has 0 aliphatic rings. The van der Waals surface area contributed by atoms with Gasteiger partial charge in [0, 0.05) is 5.39 Å².